The van der Waals surface area contributed by atoms with Gasteiger partial charge in [0.15, 0.2) is 6.61 Å². The van der Waals surface area contributed by atoms with Crippen molar-refractivity contribution in [1.82, 2.24) is 5.32 Å². The molecule has 0 aliphatic heterocycles. The van der Waals surface area contributed by atoms with Crippen LogP contribution in [-0.2, 0) is 4.79 Å². The Hall–Kier alpha value is -1.59. The largest absolute Gasteiger partial charge is 0.483 e. The van der Waals surface area contributed by atoms with Crippen molar-refractivity contribution in [3.05, 3.63) is 63.3 Å². The van der Waals surface area contributed by atoms with Crippen molar-refractivity contribution in [2.45, 2.75) is 13.0 Å². The monoisotopic (exact) mass is 385 g/mol. The molecule has 1 N–H and O–H groups in total. The summed E-state index contributed by atoms with van der Waals surface area (Å²) >= 11 is 9.27. The Morgan fingerprint density at radius 2 is 2.09 bits per heavy atom. The molecule has 0 aliphatic rings. The average Bonchev–Trinajstić information content (AvgIpc) is 2.46. The normalized spacial score (nSPS) is 11.8. The number of nitrogens with one attached hydrogen (secondary N) is 1. The molecule has 2 aromatic rings. The van der Waals surface area contributed by atoms with Gasteiger partial charge in [-0.3, -0.25) is 4.79 Å². The first kappa shape index (κ1) is 16.8. The van der Waals surface area contributed by atoms with Crippen LogP contribution in [0, 0.1) is 5.82 Å². The summed E-state index contributed by atoms with van der Waals surface area (Å²) in [7, 11) is 0. The van der Waals surface area contributed by atoms with Crippen molar-refractivity contribution in [2.75, 3.05) is 6.61 Å². The second-order valence-corrected chi connectivity index (χ2v) is 5.94. The van der Waals surface area contributed by atoms with Gasteiger partial charge in [-0.25, -0.2) is 4.39 Å². The summed E-state index contributed by atoms with van der Waals surface area (Å²) in [6.07, 6.45) is 0. The van der Waals surface area contributed by atoms with Crippen LogP contribution in [-0.4, -0.2) is 12.5 Å². The summed E-state index contributed by atoms with van der Waals surface area (Å²) in [4.78, 5) is 11.9. The van der Waals surface area contributed by atoms with E-state index in [0.717, 1.165) is 5.56 Å². The highest BCUT2D eigenvalue weighted by molar-refractivity contribution is 9.10. The Morgan fingerprint density at radius 3 is 2.77 bits per heavy atom. The van der Waals surface area contributed by atoms with E-state index in [1.807, 2.05) is 25.1 Å². The van der Waals surface area contributed by atoms with E-state index in [-0.39, 0.29) is 24.4 Å². The lowest BCUT2D eigenvalue weighted by atomic mass is 10.1. The van der Waals surface area contributed by atoms with Crippen LogP contribution in [0.15, 0.2) is 46.9 Å². The number of amides is 1. The van der Waals surface area contributed by atoms with Crippen LogP contribution in [0.3, 0.4) is 0 Å². The minimum Gasteiger partial charge on any atom is -0.483 e. The Balaban J connectivity index is 1.92. The third-order valence-corrected chi connectivity index (χ3v) is 3.97. The molecule has 0 aromatic heterocycles. The van der Waals surface area contributed by atoms with E-state index in [1.165, 1.54) is 18.2 Å². The summed E-state index contributed by atoms with van der Waals surface area (Å²) in [5.74, 6) is -0.262. The SMILES string of the molecule is CC(NC(=O)COc1ccc(F)cc1Br)c1ccccc1Cl. The van der Waals surface area contributed by atoms with Gasteiger partial charge in [-0.15, -0.1) is 0 Å². The molecule has 0 saturated heterocycles. The first-order valence-electron chi connectivity index (χ1n) is 6.59. The first-order valence-corrected chi connectivity index (χ1v) is 7.76. The third kappa shape index (κ3) is 4.45. The fourth-order valence-corrected chi connectivity index (χ4v) is 2.69. The molecule has 0 bridgehead atoms. The molecule has 1 amide bonds. The number of hydrogen-bond acceptors (Lipinski definition) is 2. The quantitative estimate of drug-likeness (QED) is 0.822. The van der Waals surface area contributed by atoms with Crippen LogP contribution in [0.5, 0.6) is 5.75 Å². The van der Waals surface area contributed by atoms with E-state index in [0.29, 0.717) is 15.2 Å². The van der Waals surface area contributed by atoms with E-state index in [2.05, 4.69) is 21.2 Å². The van der Waals surface area contributed by atoms with Gasteiger partial charge >= 0.3 is 0 Å². The smallest absolute Gasteiger partial charge is 0.258 e. The predicted molar refractivity (Wildman–Crippen MR) is 87.6 cm³/mol. The van der Waals surface area contributed by atoms with Gasteiger partial charge in [-0.05, 0) is 52.7 Å². The van der Waals surface area contributed by atoms with Crippen LogP contribution >= 0.6 is 27.5 Å². The van der Waals surface area contributed by atoms with Crippen molar-refractivity contribution in [3.63, 3.8) is 0 Å². The van der Waals surface area contributed by atoms with Gasteiger partial charge in [0.05, 0.1) is 10.5 Å². The molecule has 0 spiro atoms. The molecule has 0 heterocycles. The van der Waals surface area contributed by atoms with Crippen molar-refractivity contribution in [3.8, 4) is 5.75 Å². The lowest BCUT2D eigenvalue weighted by molar-refractivity contribution is -0.123. The lowest BCUT2D eigenvalue weighted by Crippen LogP contribution is -2.31. The van der Waals surface area contributed by atoms with Crippen molar-refractivity contribution in [1.29, 1.82) is 0 Å². The molecule has 3 nitrogen and oxygen atoms in total. The number of rotatable bonds is 5. The van der Waals surface area contributed by atoms with Crippen molar-refractivity contribution < 1.29 is 13.9 Å². The van der Waals surface area contributed by atoms with Crippen LogP contribution < -0.4 is 10.1 Å². The maximum absolute atomic E-state index is 13.0. The Bertz CT molecular complexity index is 681. The van der Waals surface area contributed by atoms with E-state index >= 15 is 0 Å². The maximum Gasteiger partial charge on any atom is 0.258 e. The summed E-state index contributed by atoms with van der Waals surface area (Å²) in [5, 5.41) is 3.40. The Kier molecular flexibility index (Phi) is 5.80. The lowest BCUT2D eigenvalue weighted by Gasteiger charge is -2.16. The summed E-state index contributed by atoms with van der Waals surface area (Å²) in [5.41, 5.74) is 0.834. The number of hydrogen-bond donors (Lipinski definition) is 1. The van der Waals surface area contributed by atoms with E-state index < -0.39 is 0 Å². The molecule has 6 heteroatoms. The molecule has 0 fully saturated rings. The molecule has 0 saturated carbocycles. The van der Waals surface area contributed by atoms with Gasteiger partial charge in [0.25, 0.3) is 5.91 Å². The predicted octanol–water partition coefficient (Wildman–Crippen LogP) is 4.50. The van der Waals surface area contributed by atoms with Gasteiger partial charge in [-0.2, -0.15) is 0 Å². The van der Waals surface area contributed by atoms with Gasteiger partial charge < -0.3 is 10.1 Å². The van der Waals surface area contributed by atoms with Crippen LogP contribution in [0.1, 0.15) is 18.5 Å². The molecular formula is C16H14BrClFNO2. The van der Waals surface area contributed by atoms with E-state index in [1.54, 1.807) is 6.07 Å². The fraction of sp³-hybridized carbons (Fsp3) is 0.188. The zero-order valence-electron chi connectivity index (χ0n) is 11.8. The van der Waals surface area contributed by atoms with Crippen LogP contribution in [0.4, 0.5) is 4.39 Å². The zero-order chi connectivity index (χ0) is 16.1. The molecule has 116 valence electrons. The molecular weight excluding hydrogens is 373 g/mol. The average molecular weight is 387 g/mol. The highest BCUT2D eigenvalue weighted by atomic mass is 79.9. The minimum absolute atomic E-state index is 0.168. The number of carbonyl (C=O) groups excluding carboxylic acids is 1. The highest BCUT2D eigenvalue weighted by Crippen LogP contribution is 2.25. The molecule has 22 heavy (non-hydrogen) atoms. The second kappa shape index (κ2) is 7.61. The van der Waals surface area contributed by atoms with Crippen LogP contribution in [0.2, 0.25) is 5.02 Å². The molecule has 0 radical (unpaired) electrons. The number of ether oxygens (including phenoxy) is 1. The summed E-state index contributed by atoms with van der Waals surface area (Å²) in [6, 6.07) is 11.1. The number of halogens is 3. The van der Waals surface area contributed by atoms with Crippen molar-refractivity contribution in [2.24, 2.45) is 0 Å². The molecule has 1 atom stereocenters. The number of benzene rings is 2. The van der Waals surface area contributed by atoms with Gasteiger partial charge in [-0.1, -0.05) is 29.8 Å². The van der Waals surface area contributed by atoms with E-state index in [4.69, 9.17) is 16.3 Å². The summed E-state index contributed by atoms with van der Waals surface area (Å²) < 4.78 is 18.8. The molecule has 2 aromatic carbocycles. The minimum atomic E-state index is -0.379. The number of carbonyl (C=O) groups is 1. The fourth-order valence-electron chi connectivity index (χ4n) is 1.92. The van der Waals surface area contributed by atoms with Gasteiger partial charge in [0, 0.05) is 5.02 Å². The first-order chi connectivity index (χ1) is 10.5. The second-order valence-electron chi connectivity index (χ2n) is 4.67. The third-order valence-electron chi connectivity index (χ3n) is 3.00. The zero-order valence-corrected chi connectivity index (χ0v) is 14.1. The summed E-state index contributed by atoms with van der Waals surface area (Å²) in [6.45, 7) is 1.67. The molecule has 2 rings (SSSR count). The molecule has 1 unspecified atom stereocenters. The Morgan fingerprint density at radius 1 is 1.36 bits per heavy atom. The molecule has 0 aliphatic carbocycles. The van der Waals surface area contributed by atoms with Crippen LogP contribution in [0.25, 0.3) is 0 Å². The topological polar surface area (TPSA) is 38.3 Å². The Labute approximate surface area is 141 Å². The standard InChI is InChI=1S/C16H14BrClFNO2/c1-10(12-4-2-3-5-14(12)18)20-16(21)9-22-15-7-6-11(19)8-13(15)17/h2-8,10H,9H2,1H3,(H,20,21). The van der Waals surface area contributed by atoms with Crippen molar-refractivity contribution >= 4 is 33.4 Å². The highest BCUT2D eigenvalue weighted by Gasteiger charge is 2.13. The van der Waals surface area contributed by atoms with Gasteiger partial charge in [0.2, 0.25) is 0 Å². The van der Waals surface area contributed by atoms with Gasteiger partial charge in [0.1, 0.15) is 11.6 Å². The van der Waals surface area contributed by atoms with E-state index in [9.17, 15) is 9.18 Å². The maximum atomic E-state index is 13.0.